The highest BCUT2D eigenvalue weighted by molar-refractivity contribution is 14.0. The molecule has 7 heteroatoms. The summed E-state index contributed by atoms with van der Waals surface area (Å²) in [7, 11) is 3.45. The lowest BCUT2D eigenvalue weighted by Gasteiger charge is -2.17. The van der Waals surface area contributed by atoms with Crippen LogP contribution in [0.1, 0.15) is 25.8 Å². The van der Waals surface area contributed by atoms with Crippen molar-refractivity contribution in [2.24, 2.45) is 4.99 Å². The van der Waals surface area contributed by atoms with Crippen molar-refractivity contribution in [2.75, 3.05) is 27.2 Å². The van der Waals surface area contributed by atoms with E-state index in [9.17, 15) is 4.79 Å². The maximum absolute atomic E-state index is 11.7. The molecule has 1 aromatic carbocycles. The molecule has 2 N–H and O–H groups in total. The number of carbonyl (C=O) groups excluding carboxylic acids is 1. The van der Waals surface area contributed by atoms with E-state index in [2.05, 4.69) is 29.5 Å². The zero-order valence-corrected chi connectivity index (χ0v) is 17.9. The Bertz CT molecular complexity index is 537. The summed E-state index contributed by atoms with van der Waals surface area (Å²) in [6.45, 7) is 5.01. The van der Waals surface area contributed by atoms with Crippen LogP contribution in [0.5, 0.6) is 0 Å². The third kappa shape index (κ3) is 8.73. The van der Waals surface area contributed by atoms with Gasteiger partial charge in [-0.25, -0.2) is 4.99 Å². The van der Waals surface area contributed by atoms with E-state index in [-0.39, 0.29) is 42.5 Å². The van der Waals surface area contributed by atoms with E-state index in [1.807, 2.05) is 24.3 Å². The van der Waals surface area contributed by atoms with Crippen molar-refractivity contribution >= 4 is 47.4 Å². The van der Waals surface area contributed by atoms with E-state index >= 15 is 0 Å². The van der Waals surface area contributed by atoms with Gasteiger partial charge in [-0.2, -0.15) is 0 Å². The van der Waals surface area contributed by atoms with Gasteiger partial charge < -0.3 is 15.5 Å². The minimum absolute atomic E-state index is 0. The summed E-state index contributed by atoms with van der Waals surface area (Å²) in [4.78, 5) is 17.6. The van der Waals surface area contributed by atoms with E-state index in [1.165, 1.54) is 4.90 Å². The molecule has 0 saturated heterocycles. The topological polar surface area (TPSA) is 56.7 Å². The summed E-state index contributed by atoms with van der Waals surface area (Å²) in [5.74, 6) is 0.628. The Morgan fingerprint density at radius 2 is 2.00 bits per heavy atom. The molecule has 0 radical (unpaired) electrons. The van der Waals surface area contributed by atoms with Crippen LogP contribution < -0.4 is 10.6 Å². The average Bonchev–Trinajstić information content (AvgIpc) is 2.53. The van der Waals surface area contributed by atoms with Crippen LogP contribution in [0.15, 0.2) is 29.3 Å². The number of rotatable bonds is 7. The van der Waals surface area contributed by atoms with Crippen LogP contribution in [0.25, 0.3) is 0 Å². The van der Waals surface area contributed by atoms with Gasteiger partial charge in [0, 0.05) is 31.7 Å². The second kappa shape index (κ2) is 12.4. The van der Waals surface area contributed by atoms with Gasteiger partial charge in [0.25, 0.3) is 0 Å². The van der Waals surface area contributed by atoms with Crippen LogP contribution >= 0.6 is 35.6 Å². The summed E-state index contributed by atoms with van der Waals surface area (Å²) < 4.78 is 0. The molecule has 1 unspecified atom stereocenters. The summed E-state index contributed by atoms with van der Waals surface area (Å²) in [5, 5.41) is 7.33. The van der Waals surface area contributed by atoms with Crippen molar-refractivity contribution in [1.29, 1.82) is 0 Å². The summed E-state index contributed by atoms with van der Waals surface area (Å²) in [5.41, 5.74) is 1.09. The lowest BCUT2D eigenvalue weighted by Crippen LogP contribution is -2.43. The number of aliphatic imine (C=N–C) groups is 1. The third-order valence-corrected chi connectivity index (χ3v) is 3.88. The molecule has 0 aromatic heterocycles. The van der Waals surface area contributed by atoms with Crippen LogP contribution in [0, 0.1) is 0 Å². The second-order valence-electron chi connectivity index (χ2n) is 5.67. The number of hydrogen-bond acceptors (Lipinski definition) is 2. The fraction of sp³-hybridized carbons (Fsp3) is 0.529. The second-order valence-corrected chi connectivity index (χ2v) is 6.08. The molecule has 1 atom stereocenters. The number of nitrogens with one attached hydrogen (secondary N) is 2. The predicted molar refractivity (Wildman–Crippen MR) is 112 cm³/mol. The maximum atomic E-state index is 11.7. The number of amides is 1. The fourth-order valence-corrected chi connectivity index (χ4v) is 2.02. The van der Waals surface area contributed by atoms with E-state index in [4.69, 9.17) is 11.6 Å². The third-order valence-electron chi connectivity index (χ3n) is 3.51. The normalized spacial score (nSPS) is 12.1. The molecule has 5 nitrogen and oxygen atoms in total. The molecule has 0 aliphatic rings. The number of guanidine groups is 1. The predicted octanol–water partition coefficient (Wildman–Crippen LogP) is 2.92. The average molecular weight is 467 g/mol. The smallest absolute Gasteiger partial charge is 0.243 e. The number of benzene rings is 1. The maximum Gasteiger partial charge on any atom is 0.243 e. The lowest BCUT2D eigenvalue weighted by molar-refractivity contribution is -0.127. The first kappa shape index (κ1) is 23.0. The van der Waals surface area contributed by atoms with Gasteiger partial charge in [-0.15, -0.1) is 24.0 Å². The van der Waals surface area contributed by atoms with Gasteiger partial charge in [0.2, 0.25) is 5.91 Å². The molecule has 24 heavy (non-hydrogen) atoms. The quantitative estimate of drug-likeness (QED) is 0.369. The van der Waals surface area contributed by atoms with Gasteiger partial charge in [-0.05, 0) is 31.4 Å². The van der Waals surface area contributed by atoms with Gasteiger partial charge in [0.15, 0.2) is 5.96 Å². The van der Waals surface area contributed by atoms with Crippen molar-refractivity contribution in [3.63, 3.8) is 0 Å². The lowest BCUT2D eigenvalue weighted by atomic mass is 10.1. The van der Waals surface area contributed by atoms with E-state index in [0.717, 1.165) is 23.4 Å². The Kier molecular flexibility index (Phi) is 11.8. The Labute approximate surface area is 167 Å². The highest BCUT2D eigenvalue weighted by Gasteiger charge is 2.07. The highest BCUT2D eigenvalue weighted by Crippen LogP contribution is 2.14. The molecule has 0 saturated carbocycles. The van der Waals surface area contributed by atoms with Crippen molar-refractivity contribution < 1.29 is 4.79 Å². The zero-order chi connectivity index (χ0) is 17.2. The number of halogens is 2. The minimum atomic E-state index is -0.0265. The summed E-state index contributed by atoms with van der Waals surface area (Å²) in [6, 6.07) is 8.08. The molecule has 0 spiro atoms. The van der Waals surface area contributed by atoms with Crippen LogP contribution in [0.2, 0.25) is 5.02 Å². The van der Waals surface area contributed by atoms with Gasteiger partial charge >= 0.3 is 0 Å². The molecule has 0 fully saturated rings. The van der Waals surface area contributed by atoms with Crippen molar-refractivity contribution in [3.05, 3.63) is 34.9 Å². The Morgan fingerprint density at radius 3 is 2.58 bits per heavy atom. The fourth-order valence-electron chi connectivity index (χ4n) is 1.79. The van der Waals surface area contributed by atoms with Gasteiger partial charge in [0.05, 0.1) is 0 Å². The van der Waals surface area contributed by atoms with Gasteiger partial charge in [-0.1, -0.05) is 36.7 Å². The highest BCUT2D eigenvalue weighted by atomic mass is 127. The number of likely N-dealkylation sites (N-methyl/N-ethyl adjacent to an activating group) is 1. The first-order valence-corrected chi connectivity index (χ1v) is 8.30. The van der Waals surface area contributed by atoms with Crippen molar-refractivity contribution in [2.45, 2.75) is 32.7 Å². The van der Waals surface area contributed by atoms with Gasteiger partial charge in [0.1, 0.15) is 6.54 Å². The van der Waals surface area contributed by atoms with Crippen molar-refractivity contribution in [1.82, 2.24) is 15.5 Å². The Balaban J connectivity index is 0.00000529. The molecule has 1 rings (SSSR count). The number of hydrogen-bond donors (Lipinski definition) is 2. The Morgan fingerprint density at radius 1 is 1.33 bits per heavy atom. The molecule has 136 valence electrons. The minimum Gasteiger partial charge on any atom is -0.356 e. The van der Waals surface area contributed by atoms with Crippen LogP contribution in [0.3, 0.4) is 0 Å². The Hall–Kier alpha value is -1.02. The van der Waals surface area contributed by atoms with E-state index in [1.54, 1.807) is 14.1 Å². The van der Waals surface area contributed by atoms with E-state index in [0.29, 0.717) is 12.5 Å². The molecule has 1 amide bonds. The van der Waals surface area contributed by atoms with E-state index < -0.39 is 0 Å². The molecule has 0 bridgehead atoms. The molecule has 0 heterocycles. The van der Waals surface area contributed by atoms with Crippen LogP contribution in [0.4, 0.5) is 0 Å². The van der Waals surface area contributed by atoms with Gasteiger partial charge in [-0.3, -0.25) is 4.79 Å². The first-order valence-electron chi connectivity index (χ1n) is 7.92. The van der Waals surface area contributed by atoms with Crippen LogP contribution in [-0.2, 0) is 11.2 Å². The molecular formula is C17H28ClIN4O. The SMILES string of the molecule is CCC(C)NC(=NCC(=O)N(C)C)NCCc1ccccc1Cl.I. The number of carbonyl (C=O) groups is 1. The molecule has 0 aliphatic heterocycles. The standard InChI is InChI=1S/C17H27ClN4O.HI/c1-5-13(2)21-17(20-12-16(23)22(3)4)19-11-10-14-8-6-7-9-15(14)18;/h6-9,13H,5,10-12H2,1-4H3,(H2,19,20,21);1H. The number of nitrogens with zero attached hydrogens (tertiary/aromatic N) is 2. The van der Waals surface area contributed by atoms with Crippen LogP contribution in [-0.4, -0.2) is 50.0 Å². The summed E-state index contributed by atoms with van der Waals surface area (Å²) >= 11 is 6.16. The molecular weight excluding hydrogens is 439 g/mol. The first-order chi connectivity index (χ1) is 10.9. The zero-order valence-electron chi connectivity index (χ0n) is 14.8. The largest absolute Gasteiger partial charge is 0.356 e. The summed E-state index contributed by atoms with van der Waals surface area (Å²) in [6.07, 6.45) is 1.77. The monoisotopic (exact) mass is 466 g/mol. The molecule has 1 aromatic rings. The molecule has 0 aliphatic carbocycles. The van der Waals surface area contributed by atoms with Crippen molar-refractivity contribution in [3.8, 4) is 0 Å².